The van der Waals surface area contributed by atoms with Crippen molar-refractivity contribution < 1.29 is 23.9 Å². The normalized spacial score (nSPS) is 21.2. The number of benzene rings is 1. The van der Waals surface area contributed by atoms with Gasteiger partial charge >= 0.3 is 11.9 Å². The SMILES string of the molecule is COC(=O)c1ccc(NC(=O)COC(=O)[C@]2(C)CC2(Cl)Cl)cc1. The van der Waals surface area contributed by atoms with Crippen LogP contribution in [0.15, 0.2) is 24.3 Å². The molecule has 0 aliphatic heterocycles. The number of nitrogens with one attached hydrogen (secondary N) is 1. The molecule has 2 rings (SSSR count). The molecule has 1 aromatic rings. The van der Waals surface area contributed by atoms with Crippen molar-refractivity contribution in [1.82, 2.24) is 0 Å². The van der Waals surface area contributed by atoms with E-state index in [1.165, 1.54) is 31.4 Å². The number of hydrogen-bond acceptors (Lipinski definition) is 5. The van der Waals surface area contributed by atoms with Crippen LogP contribution in [0.3, 0.4) is 0 Å². The second-order valence-corrected chi connectivity index (χ2v) is 6.89. The van der Waals surface area contributed by atoms with Crippen molar-refractivity contribution in [2.24, 2.45) is 5.41 Å². The van der Waals surface area contributed by atoms with E-state index in [-0.39, 0.29) is 0 Å². The van der Waals surface area contributed by atoms with Gasteiger partial charge in [0.15, 0.2) is 6.61 Å². The Morgan fingerprint density at radius 2 is 1.78 bits per heavy atom. The van der Waals surface area contributed by atoms with Gasteiger partial charge in [0.2, 0.25) is 0 Å². The first-order chi connectivity index (χ1) is 10.7. The fourth-order valence-electron chi connectivity index (χ4n) is 1.92. The molecule has 1 N–H and O–H groups in total. The number of alkyl halides is 2. The molecular formula is C15H15Cl2NO5. The standard InChI is InChI=1S/C15H15Cl2NO5/c1-14(8-15(14,16)17)13(21)23-7-11(19)18-10-5-3-9(4-6-10)12(20)22-2/h3-6H,7-8H2,1-2H3,(H,18,19)/t14-/m0/s1. The summed E-state index contributed by atoms with van der Waals surface area (Å²) in [6.07, 6.45) is 0.290. The molecule has 0 heterocycles. The van der Waals surface area contributed by atoms with Crippen molar-refractivity contribution in [3.05, 3.63) is 29.8 Å². The van der Waals surface area contributed by atoms with Gasteiger partial charge in [0.25, 0.3) is 5.91 Å². The van der Waals surface area contributed by atoms with Gasteiger partial charge in [-0.25, -0.2) is 4.79 Å². The minimum atomic E-state index is -1.13. The number of ether oxygens (including phenoxy) is 2. The largest absolute Gasteiger partial charge is 0.465 e. The zero-order valence-electron chi connectivity index (χ0n) is 12.5. The maximum Gasteiger partial charge on any atom is 0.337 e. The third-order valence-electron chi connectivity index (χ3n) is 3.63. The number of hydrogen-bond donors (Lipinski definition) is 1. The Hall–Kier alpha value is -1.79. The lowest BCUT2D eigenvalue weighted by molar-refractivity contribution is -0.152. The fourth-order valence-corrected chi connectivity index (χ4v) is 2.61. The summed E-state index contributed by atoms with van der Waals surface area (Å²) in [5.74, 6) is -1.60. The summed E-state index contributed by atoms with van der Waals surface area (Å²) in [7, 11) is 1.28. The van der Waals surface area contributed by atoms with E-state index in [0.717, 1.165) is 0 Å². The average Bonchev–Trinajstić information content (AvgIpc) is 3.04. The molecule has 1 aliphatic rings. The van der Waals surface area contributed by atoms with Gasteiger partial charge in [-0.3, -0.25) is 9.59 Å². The summed E-state index contributed by atoms with van der Waals surface area (Å²) in [5.41, 5.74) is -0.155. The van der Waals surface area contributed by atoms with Crippen molar-refractivity contribution in [1.29, 1.82) is 0 Å². The molecule has 1 atom stereocenters. The van der Waals surface area contributed by atoms with Crippen molar-refractivity contribution in [3.63, 3.8) is 0 Å². The van der Waals surface area contributed by atoms with Crippen molar-refractivity contribution in [2.75, 3.05) is 19.0 Å². The summed E-state index contributed by atoms with van der Waals surface area (Å²) in [4.78, 5) is 34.9. The molecule has 0 aromatic heterocycles. The van der Waals surface area contributed by atoms with E-state index >= 15 is 0 Å². The molecule has 1 aliphatic carbocycles. The van der Waals surface area contributed by atoms with Crippen LogP contribution in [0, 0.1) is 5.41 Å². The second kappa shape index (κ2) is 6.37. The van der Waals surface area contributed by atoms with Gasteiger partial charge in [-0.05, 0) is 31.2 Å². The minimum Gasteiger partial charge on any atom is -0.465 e. The zero-order chi connectivity index (χ0) is 17.3. The monoisotopic (exact) mass is 359 g/mol. The third kappa shape index (κ3) is 3.76. The first-order valence-corrected chi connectivity index (χ1v) is 7.48. The Morgan fingerprint density at radius 3 is 2.26 bits per heavy atom. The van der Waals surface area contributed by atoms with Crippen LogP contribution in [-0.4, -0.2) is 35.9 Å². The fraction of sp³-hybridized carbons (Fsp3) is 0.400. The molecule has 8 heteroatoms. The first-order valence-electron chi connectivity index (χ1n) is 6.73. The van der Waals surface area contributed by atoms with Crippen LogP contribution in [0.2, 0.25) is 0 Å². The van der Waals surface area contributed by atoms with Crippen LogP contribution in [0.5, 0.6) is 0 Å². The molecule has 0 unspecified atom stereocenters. The molecule has 1 amide bonds. The van der Waals surface area contributed by atoms with Crippen LogP contribution in [0.1, 0.15) is 23.7 Å². The molecule has 1 fully saturated rings. The number of carbonyl (C=O) groups excluding carboxylic acids is 3. The number of rotatable bonds is 5. The molecule has 1 aromatic carbocycles. The minimum absolute atomic E-state index is 0.290. The van der Waals surface area contributed by atoms with E-state index in [2.05, 4.69) is 10.1 Å². The Bertz CT molecular complexity index is 644. The molecule has 124 valence electrons. The van der Waals surface area contributed by atoms with Gasteiger partial charge < -0.3 is 14.8 Å². The molecule has 23 heavy (non-hydrogen) atoms. The van der Waals surface area contributed by atoms with Crippen molar-refractivity contribution >= 4 is 46.7 Å². The Morgan fingerprint density at radius 1 is 1.22 bits per heavy atom. The van der Waals surface area contributed by atoms with Gasteiger partial charge in [-0.1, -0.05) is 0 Å². The lowest BCUT2D eigenvalue weighted by Gasteiger charge is -2.12. The van der Waals surface area contributed by atoms with Gasteiger partial charge in [-0.2, -0.15) is 0 Å². The van der Waals surface area contributed by atoms with E-state index in [4.69, 9.17) is 27.9 Å². The highest BCUT2D eigenvalue weighted by Crippen LogP contribution is 2.64. The molecule has 0 bridgehead atoms. The zero-order valence-corrected chi connectivity index (χ0v) is 14.0. The van der Waals surface area contributed by atoms with E-state index in [0.29, 0.717) is 17.7 Å². The number of carbonyl (C=O) groups is 3. The quantitative estimate of drug-likeness (QED) is 0.645. The summed E-state index contributed by atoms with van der Waals surface area (Å²) in [5, 5.41) is 2.54. The third-order valence-corrected chi connectivity index (χ3v) is 4.73. The highest BCUT2D eigenvalue weighted by Gasteiger charge is 2.69. The molecule has 0 saturated heterocycles. The predicted molar refractivity (Wildman–Crippen MR) is 84.5 cm³/mol. The van der Waals surface area contributed by atoms with Gasteiger partial charge in [0.1, 0.15) is 9.75 Å². The van der Waals surface area contributed by atoms with Gasteiger partial charge in [0.05, 0.1) is 12.7 Å². The van der Waals surface area contributed by atoms with Crippen LogP contribution in [0.25, 0.3) is 0 Å². The van der Waals surface area contributed by atoms with Crippen LogP contribution in [0.4, 0.5) is 5.69 Å². The Kier molecular flexibility index (Phi) is 4.87. The van der Waals surface area contributed by atoms with Crippen LogP contribution < -0.4 is 5.32 Å². The summed E-state index contributed by atoms with van der Waals surface area (Å²) < 4.78 is 8.36. The maximum absolute atomic E-state index is 11.8. The Balaban J connectivity index is 1.83. The highest BCUT2D eigenvalue weighted by atomic mass is 35.5. The topological polar surface area (TPSA) is 81.7 Å². The predicted octanol–water partition coefficient (Wildman–Crippen LogP) is 2.54. The van der Waals surface area contributed by atoms with Crippen molar-refractivity contribution in [3.8, 4) is 0 Å². The molecule has 0 spiro atoms. The average molecular weight is 360 g/mol. The first kappa shape index (κ1) is 17.6. The number of halogens is 2. The second-order valence-electron chi connectivity index (χ2n) is 5.41. The van der Waals surface area contributed by atoms with Gasteiger partial charge in [-0.15, -0.1) is 23.2 Å². The Labute approximate surface area is 143 Å². The van der Waals surface area contributed by atoms with E-state index < -0.39 is 34.2 Å². The smallest absolute Gasteiger partial charge is 0.337 e. The lowest BCUT2D eigenvalue weighted by atomic mass is 10.1. The molecule has 6 nitrogen and oxygen atoms in total. The van der Waals surface area contributed by atoms with E-state index in [1.54, 1.807) is 6.92 Å². The molecule has 0 radical (unpaired) electrons. The van der Waals surface area contributed by atoms with E-state index in [1.807, 2.05) is 0 Å². The number of methoxy groups -OCH3 is 1. The number of amides is 1. The van der Waals surface area contributed by atoms with Crippen LogP contribution in [-0.2, 0) is 19.1 Å². The van der Waals surface area contributed by atoms with E-state index in [9.17, 15) is 14.4 Å². The number of anilines is 1. The summed E-state index contributed by atoms with van der Waals surface area (Å²) >= 11 is 11.7. The molecule has 1 saturated carbocycles. The molecular weight excluding hydrogens is 345 g/mol. The van der Waals surface area contributed by atoms with Crippen molar-refractivity contribution in [2.45, 2.75) is 17.7 Å². The lowest BCUT2D eigenvalue weighted by Crippen LogP contribution is -2.26. The van der Waals surface area contributed by atoms with Gasteiger partial charge in [0, 0.05) is 12.1 Å². The number of esters is 2. The highest BCUT2D eigenvalue weighted by molar-refractivity contribution is 6.53. The van der Waals surface area contributed by atoms with Crippen LogP contribution >= 0.6 is 23.2 Å². The summed E-state index contributed by atoms with van der Waals surface area (Å²) in [6.45, 7) is 1.13. The summed E-state index contributed by atoms with van der Waals surface area (Å²) in [6, 6.07) is 6.09. The maximum atomic E-state index is 11.8.